The van der Waals surface area contributed by atoms with E-state index in [1.807, 2.05) is 24.3 Å². The van der Waals surface area contributed by atoms with Crippen LogP contribution in [0, 0.1) is 0 Å². The van der Waals surface area contributed by atoms with Crippen LogP contribution in [0.1, 0.15) is 6.42 Å². The third kappa shape index (κ3) is 4.65. The van der Waals surface area contributed by atoms with Gasteiger partial charge in [0.2, 0.25) is 5.91 Å². The van der Waals surface area contributed by atoms with E-state index in [4.69, 9.17) is 0 Å². The van der Waals surface area contributed by atoms with Crippen LogP contribution in [0.3, 0.4) is 0 Å². The van der Waals surface area contributed by atoms with Crippen molar-refractivity contribution in [3.05, 3.63) is 96.1 Å². The Hall–Kier alpha value is -4.86. The zero-order valence-corrected chi connectivity index (χ0v) is 18.0. The predicted octanol–water partition coefficient (Wildman–Crippen LogP) is 3.14. The Bertz CT molecular complexity index is 1490. The fourth-order valence-electron chi connectivity index (χ4n) is 3.44. The van der Waals surface area contributed by atoms with Gasteiger partial charge in [-0.15, -0.1) is 0 Å². The highest BCUT2D eigenvalue weighted by Crippen LogP contribution is 2.18. The first-order chi connectivity index (χ1) is 16.7. The van der Waals surface area contributed by atoms with E-state index in [1.54, 1.807) is 53.5 Å². The largest absolute Gasteiger partial charge is 0.340 e. The van der Waals surface area contributed by atoms with Crippen molar-refractivity contribution < 1.29 is 4.79 Å². The summed E-state index contributed by atoms with van der Waals surface area (Å²) in [5, 5.41) is 10.8. The van der Waals surface area contributed by atoms with Crippen molar-refractivity contribution >= 4 is 34.0 Å². The van der Waals surface area contributed by atoms with E-state index in [-0.39, 0.29) is 24.4 Å². The first kappa shape index (κ1) is 21.0. The second-order valence-electron chi connectivity index (χ2n) is 7.47. The molecule has 10 heteroatoms. The molecule has 0 spiro atoms. The fraction of sp³-hybridized carbons (Fsp3) is 0.0833. The number of hydrogen-bond acceptors (Lipinski definition) is 7. The first-order valence-electron chi connectivity index (χ1n) is 10.6. The maximum absolute atomic E-state index is 12.5. The molecule has 0 aliphatic carbocycles. The molecule has 5 rings (SSSR count). The molecule has 0 unspecified atom stereocenters. The van der Waals surface area contributed by atoms with Gasteiger partial charge in [-0.3, -0.25) is 14.2 Å². The summed E-state index contributed by atoms with van der Waals surface area (Å²) in [6, 6.07) is 18.0. The molecule has 168 valence electrons. The Kier molecular flexibility index (Phi) is 5.76. The van der Waals surface area contributed by atoms with Crippen LogP contribution < -0.4 is 16.2 Å². The molecule has 0 aliphatic heterocycles. The number of aromatic nitrogens is 6. The summed E-state index contributed by atoms with van der Waals surface area (Å²) < 4.78 is 3.10. The Labute approximate surface area is 193 Å². The molecule has 2 aromatic carbocycles. The molecular formula is C24H20N8O2. The van der Waals surface area contributed by atoms with Crippen molar-refractivity contribution in [3.8, 4) is 5.82 Å². The van der Waals surface area contributed by atoms with E-state index in [0.717, 1.165) is 5.69 Å². The van der Waals surface area contributed by atoms with Gasteiger partial charge in [0, 0.05) is 42.8 Å². The van der Waals surface area contributed by atoms with Gasteiger partial charge in [-0.25, -0.2) is 19.6 Å². The number of nitrogens with one attached hydrogen (secondary N) is 2. The Morgan fingerprint density at radius 3 is 2.59 bits per heavy atom. The van der Waals surface area contributed by atoms with Crippen LogP contribution in [0.2, 0.25) is 0 Å². The van der Waals surface area contributed by atoms with Gasteiger partial charge in [-0.05, 0) is 42.5 Å². The van der Waals surface area contributed by atoms with E-state index < -0.39 is 0 Å². The zero-order chi connectivity index (χ0) is 23.3. The van der Waals surface area contributed by atoms with E-state index in [1.165, 1.54) is 17.2 Å². The first-order valence-corrected chi connectivity index (χ1v) is 10.6. The molecule has 10 nitrogen and oxygen atoms in total. The minimum absolute atomic E-state index is 0.150. The summed E-state index contributed by atoms with van der Waals surface area (Å²) in [5.41, 5.74) is 1.94. The summed E-state index contributed by atoms with van der Waals surface area (Å²) in [5.74, 6) is 1.07. The second kappa shape index (κ2) is 9.33. The third-order valence-electron chi connectivity index (χ3n) is 5.14. The molecule has 0 atom stereocenters. The number of anilines is 3. The Morgan fingerprint density at radius 2 is 1.76 bits per heavy atom. The third-order valence-corrected chi connectivity index (χ3v) is 5.14. The van der Waals surface area contributed by atoms with Gasteiger partial charge in [-0.2, -0.15) is 5.10 Å². The van der Waals surface area contributed by atoms with Crippen LogP contribution in [0.5, 0.6) is 0 Å². The van der Waals surface area contributed by atoms with Crippen LogP contribution in [0.15, 0.2) is 90.5 Å². The molecule has 0 aliphatic rings. The van der Waals surface area contributed by atoms with E-state index >= 15 is 0 Å². The molecule has 0 radical (unpaired) electrons. The van der Waals surface area contributed by atoms with Crippen LogP contribution in [0.25, 0.3) is 16.7 Å². The zero-order valence-electron chi connectivity index (χ0n) is 18.0. The second-order valence-corrected chi connectivity index (χ2v) is 7.47. The molecular weight excluding hydrogens is 432 g/mol. The number of para-hydroxylation sites is 1. The number of hydrogen-bond donors (Lipinski definition) is 2. The standard InChI is InChI=1S/C24H20N8O2/c33-23(10-13-31-16-27-20-5-2-1-4-19(20)24(31)34)30-18-8-6-17(7-9-18)29-21-14-22(26-15-25-21)32-12-3-11-28-32/h1-9,11-12,14-16H,10,13H2,(H,30,33)(H,25,26,29). The van der Waals surface area contributed by atoms with Gasteiger partial charge in [-0.1, -0.05) is 12.1 Å². The van der Waals surface area contributed by atoms with Crippen LogP contribution in [-0.4, -0.2) is 35.2 Å². The van der Waals surface area contributed by atoms with Crippen LogP contribution in [-0.2, 0) is 11.3 Å². The fourth-order valence-corrected chi connectivity index (χ4v) is 3.44. The van der Waals surface area contributed by atoms with E-state index in [0.29, 0.717) is 28.2 Å². The van der Waals surface area contributed by atoms with Crippen molar-refractivity contribution in [1.29, 1.82) is 0 Å². The minimum Gasteiger partial charge on any atom is -0.340 e. The van der Waals surface area contributed by atoms with Crippen molar-refractivity contribution in [2.75, 3.05) is 10.6 Å². The van der Waals surface area contributed by atoms with E-state index in [2.05, 4.69) is 30.7 Å². The minimum atomic E-state index is -0.194. The normalized spacial score (nSPS) is 10.8. The Balaban J connectivity index is 1.18. The van der Waals surface area contributed by atoms with Crippen LogP contribution in [0.4, 0.5) is 17.2 Å². The van der Waals surface area contributed by atoms with Crippen molar-refractivity contribution in [1.82, 2.24) is 29.3 Å². The Morgan fingerprint density at radius 1 is 0.941 bits per heavy atom. The SMILES string of the molecule is O=C(CCn1cnc2ccccc2c1=O)Nc1ccc(Nc2cc(-n3cccn3)ncn2)cc1. The van der Waals surface area contributed by atoms with Gasteiger partial charge in [0.25, 0.3) is 5.56 Å². The van der Waals surface area contributed by atoms with Gasteiger partial charge in [0.1, 0.15) is 12.1 Å². The highest BCUT2D eigenvalue weighted by Gasteiger charge is 2.08. The van der Waals surface area contributed by atoms with Crippen molar-refractivity contribution in [2.24, 2.45) is 0 Å². The molecule has 5 aromatic rings. The molecule has 0 fully saturated rings. The molecule has 34 heavy (non-hydrogen) atoms. The number of amides is 1. The smallest absolute Gasteiger partial charge is 0.261 e. The van der Waals surface area contributed by atoms with Gasteiger partial charge in [0.05, 0.1) is 17.2 Å². The molecule has 2 N–H and O–H groups in total. The molecule has 3 aromatic heterocycles. The lowest BCUT2D eigenvalue weighted by molar-refractivity contribution is -0.116. The molecule has 1 amide bonds. The molecule has 0 saturated carbocycles. The lowest BCUT2D eigenvalue weighted by atomic mass is 10.2. The summed E-state index contributed by atoms with van der Waals surface area (Å²) in [6.45, 7) is 0.244. The molecule has 0 saturated heterocycles. The quantitative estimate of drug-likeness (QED) is 0.389. The van der Waals surface area contributed by atoms with Gasteiger partial charge < -0.3 is 10.6 Å². The summed E-state index contributed by atoms with van der Waals surface area (Å²) in [4.78, 5) is 37.7. The highest BCUT2D eigenvalue weighted by molar-refractivity contribution is 5.90. The maximum Gasteiger partial charge on any atom is 0.261 e. The maximum atomic E-state index is 12.5. The number of nitrogens with zero attached hydrogens (tertiary/aromatic N) is 6. The number of benzene rings is 2. The number of fused-ring (bicyclic) bond motifs is 1. The summed E-state index contributed by atoms with van der Waals surface area (Å²) >= 11 is 0. The highest BCUT2D eigenvalue weighted by atomic mass is 16.2. The average Bonchev–Trinajstić information content (AvgIpc) is 3.41. The van der Waals surface area contributed by atoms with Gasteiger partial charge in [0.15, 0.2) is 5.82 Å². The lowest BCUT2D eigenvalue weighted by Gasteiger charge is -2.10. The predicted molar refractivity (Wildman–Crippen MR) is 128 cm³/mol. The number of carbonyl (C=O) groups excluding carboxylic acids is 1. The van der Waals surface area contributed by atoms with Crippen molar-refractivity contribution in [3.63, 3.8) is 0 Å². The monoisotopic (exact) mass is 452 g/mol. The number of aryl methyl sites for hydroxylation is 1. The van der Waals surface area contributed by atoms with E-state index in [9.17, 15) is 9.59 Å². The molecule has 3 heterocycles. The topological polar surface area (TPSA) is 120 Å². The summed E-state index contributed by atoms with van der Waals surface area (Å²) in [6.07, 6.45) is 6.57. The average molecular weight is 452 g/mol. The van der Waals surface area contributed by atoms with Gasteiger partial charge >= 0.3 is 0 Å². The number of rotatable bonds is 7. The van der Waals surface area contributed by atoms with Crippen LogP contribution >= 0.6 is 0 Å². The van der Waals surface area contributed by atoms with Crippen molar-refractivity contribution in [2.45, 2.75) is 13.0 Å². The lowest BCUT2D eigenvalue weighted by Crippen LogP contribution is -2.23. The molecule has 0 bridgehead atoms. The summed E-state index contributed by atoms with van der Waals surface area (Å²) in [7, 11) is 0. The number of carbonyl (C=O) groups is 1.